The molecule has 4 aliphatic rings. The van der Waals surface area contributed by atoms with E-state index in [-0.39, 0.29) is 46.4 Å². The van der Waals surface area contributed by atoms with Crippen LogP contribution in [0.2, 0.25) is 0 Å². The summed E-state index contributed by atoms with van der Waals surface area (Å²) in [6.07, 6.45) is 1.37. The van der Waals surface area contributed by atoms with Crippen molar-refractivity contribution in [2.45, 2.75) is 56.7 Å². The van der Waals surface area contributed by atoms with Crippen molar-refractivity contribution in [3.63, 3.8) is 0 Å². The summed E-state index contributed by atoms with van der Waals surface area (Å²) in [7, 11) is 1.69. The topological polar surface area (TPSA) is 100 Å². The lowest BCUT2D eigenvalue weighted by atomic mass is 9.72. The first kappa shape index (κ1) is 36.4. The van der Waals surface area contributed by atoms with Gasteiger partial charge >= 0.3 is 12.2 Å². The summed E-state index contributed by atoms with van der Waals surface area (Å²) in [4.78, 5) is 28.5. The number of fused-ring (bicyclic) bond motifs is 2. The minimum absolute atomic E-state index is 0.00728. The Hall–Kier alpha value is -4.62. The predicted octanol–water partition coefficient (Wildman–Crippen LogP) is 7.08. The van der Waals surface area contributed by atoms with E-state index in [1.165, 1.54) is 6.08 Å². The molecule has 0 bridgehead atoms. The first-order chi connectivity index (χ1) is 26.0. The van der Waals surface area contributed by atoms with Gasteiger partial charge in [-0.15, -0.1) is 0 Å². The number of anilines is 1. The molecule has 286 valence electrons. The monoisotopic (exact) mass is 745 g/mol. The van der Waals surface area contributed by atoms with Gasteiger partial charge in [-0.1, -0.05) is 36.9 Å². The van der Waals surface area contributed by atoms with E-state index < -0.39 is 12.8 Å². The van der Waals surface area contributed by atoms with Crippen molar-refractivity contribution < 1.29 is 37.3 Å². The van der Waals surface area contributed by atoms with Crippen molar-refractivity contribution in [3.05, 3.63) is 60.7 Å². The Labute approximate surface area is 312 Å². The summed E-state index contributed by atoms with van der Waals surface area (Å²) in [5, 5.41) is 13.6. The van der Waals surface area contributed by atoms with Crippen LogP contribution < -0.4 is 14.4 Å². The Morgan fingerprint density at radius 2 is 1.74 bits per heavy atom. The molecule has 1 saturated carbocycles. The maximum Gasteiger partial charge on any atom is 0.422 e. The highest BCUT2D eigenvalue weighted by atomic mass is 19.4. The van der Waals surface area contributed by atoms with Crippen molar-refractivity contribution >= 4 is 33.4 Å². The third-order valence-corrected chi connectivity index (χ3v) is 11.6. The largest absolute Gasteiger partial charge is 0.507 e. The number of hydrogen-bond donors (Lipinski definition) is 1. The second kappa shape index (κ2) is 14.6. The quantitative estimate of drug-likeness (QED) is 0.162. The molecule has 3 saturated heterocycles. The van der Waals surface area contributed by atoms with E-state index in [0.717, 1.165) is 69.1 Å². The van der Waals surface area contributed by atoms with Gasteiger partial charge in [-0.25, -0.2) is 0 Å². The lowest BCUT2D eigenvalue weighted by molar-refractivity contribution is -0.153. The molecular weight excluding hydrogens is 699 g/mol. The van der Waals surface area contributed by atoms with E-state index in [2.05, 4.69) is 16.4 Å². The van der Waals surface area contributed by atoms with Crippen LogP contribution in [0, 0.1) is 5.41 Å². The number of rotatable bonds is 11. The zero-order valence-corrected chi connectivity index (χ0v) is 30.5. The molecule has 3 aliphatic heterocycles. The van der Waals surface area contributed by atoms with E-state index >= 15 is 0 Å². The summed E-state index contributed by atoms with van der Waals surface area (Å²) < 4.78 is 59.9. The number of aromatic hydroxyl groups is 1. The van der Waals surface area contributed by atoms with Gasteiger partial charge in [0.15, 0.2) is 12.4 Å². The number of piperidine rings is 2. The van der Waals surface area contributed by atoms with Gasteiger partial charge in [0.1, 0.15) is 23.2 Å². The van der Waals surface area contributed by atoms with Crippen molar-refractivity contribution in [1.29, 1.82) is 0 Å². The molecule has 10 nitrogen and oxygen atoms in total. The van der Waals surface area contributed by atoms with Crippen LogP contribution in [0.1, 0.15) is 50.0 Å². The summed E-state index contributed by atoms with van der Waals surface area (Å²) in [6.45, 7) is 7.80. The number of amides is 1. The van der Waals surface area contributed by atoms with Crippen molar-refractivity contribution in [2.24, 2.45) is 5.41 Å². The standard InChI is InChI=1S/C41H46F3N5O5/c1-3-33(51)49-23-40(24-49)14-18-48(19-15-40)38-31-22-30(27-8-9-27)35(34-29-7-5-4-6-26(29)10-11-32(34)50)37(53-25-41(42,43)44)36(31)45-39(46-38)54-28-12-16-47(17-13-28)20-21-52-2/h3-7,10-11,22,27-28,50H,1,8-9,12-21,23-25H2,2H3. The Morgan fingerprint density at radius 1 is 1.00 bits per heavy atom. The number of ether oxygens (including phenoxy) is 3. The number of phenols is 1. The van der Waals surface area contributed by atoms with Crippen molar-refractivity contribution in [2.75, 3.05) is 71.0 Å². The van der Waals surface area contributed by atoms with Crippen LogP contribution in [0.25, 0.3) is 32.8 Å². The molecule has 4 heterocycles. The molecule has 4 aromatic rings. The van der Waals surface area contributed by atoms with Crippen LogP contribution in [-0.4, -0.2) is 109 Å². The Balaban J connectivity index is 1.26. The maximum absolute atomic E-state index is 14.1. The van der Waals surface area contributed by atoms with Crippen molar-refractivity contribution in [1.82, 2.24) is 19.8 Å². The van der Waals surface area contributed by atoms with Crippen LogP contribution in [0.4, 0.5) is 19.0 Å². The van der Waals surface area contributed by atoms with Crippen LogP contribution in [-0.2, 0) is 9.53 Å². The van der Waals surface area contributed by atoms with Gasteiger partial charge in [-0.05, 0) is 79.0 Å². The van der Waals surface area contributed by atoms with Crippen LogP contribution in [0.3, 0.4) is 0 Å². The number of alkyl halides is 3. The average Bonchev–Trinajstić information content (AvgIpc) is 4.01. The molecule has 8 rings (SSSR count). The highest BCUT2D eigenvalue weighted by Gasteiger charge is 2.47. The Morgan fingerprint density at radius 3 is 2.43 bits per heavy atom. The number of carbonyl (C=O) groups excluding carboxylic acids is 1. The third kappa shape index (κ3) is 7.27. The minimum atomic E-state index is -4.63. The zero-order valence-electron chi connectivity index (χ0n) is 30.5. The van der Waals surface area contributed by atoms with Crippen LogP contribution in [0.15, 0.2) is 55.1 Å². The Kier molecular flexibility index (Phi) is 9.80. The molecule has 1 spiro atoms. The fourth-order valence-corrected chi connectivity index (χ4v) is 8.48. The molecule has 0 radical (unpaired) electrons. The molecule has 54 heavy (non-hydrogen) atoms. The highest BCUT2D eigenvalue weighted by molar-refractivity contribution is 6.07. The van der Waals surface area contributed by atoms with Gasteiger partial charge in [-0.2, -0.15) is 23.1 Å². The molecule has 1 aromatic heterocycles. The van der Waals surface area contributed by atoms with E-state index in [1.807, 2.05) is 35.2 Å². The number of methoxy groups -OCH3 is 1. The predicted molar refractivity (Wildman–Crippen MR) is 200 cm³/mol. The summed E-state index contributed by atoms with van der Waals surface area (Å²) in [6, 6.07) is 13.0. The number of nitrogens with zero attached hydrogens (tertiary/aromatic N) is 5. The van der Waals surface area contributed by atoms with Crippen molar-refractivity contribution in [3.8, 4) is 28.6 Å². The number of halogens is 3. The molecule has 1 amide bonds. The molecular formula is C41H46F3N5O5. The highest BCUT2D eigenvalue weighted by Crippen LogP contribution is 2.54. The SMILES string of the molecule is C=CC(=O)N1CC2(CCN(c3nc(OC4CCN(CCOC)CC4)nc4c(OCC(F)(F)F)c(-c5c(O)ccc6ccccc56)c(C5CC5)cc34)CC2)C1. The van der Waals surface area contributed by atoms with Crippen LogP contribution in [0.5, 0.6) is 17.5 Å². The number of aromatic nitrogens is 2. The number of carbonyl (C=O) groups is 1. The molecule has 0 atom stereocenters. The molecule has 4 fully saturated rings. The van der Waals surface area contributed by atoms with Crippen LogP contribution >= 0.6 is 0 Å². The second-order valence-corrected chi connectivity index (χ2v) is 15.3. The van der Waals surface area contributed by atoms with Gasteiger partial charge in [0.2, 0.25) is 5.91 Å². The number of phenolic OH excluding ortho intramolecular Hbond substituents is 1. The lowest BCUT2D eigenvalue weighted by Gasteiger charge is -2.54. The molecule has 1 N–H and O–H groups in total. The van der Waals surface area contributed by atoms with E-state index in [1.54, 1.807) is 19.2 Å². The number of benzene rings is 3. The van der Waals surface area contributed by atoms with E-state index in [9.17, 15) is 23.1 Å². The van der Waals surface area contributed by atoms with E-state index in [4.69, 9.17) is 24.2 Å². The first-order valence-corrected chi connectivity index (χ1v) is 18.9. The lowest BCUT2D eigenvalue weighted by Crippen LogP contribution is -2.61. The third-order valence-electron chi connectivity index (χ3n) is 11.6. The fourth-order valence-electron chi connectivity index (χ4n) is 8.48. The van der Waals surface area contributed by atoms with Gasteiger partial charge in [-0.3, -0.25) is 4.79 Å². The number of likely N-dealkylation sites (tertiary alicyclic amines) is 2. The summed E-state index contributed by atoms with van der Waals surface area (Å²) in [5.41, 5.74) is 1.87. The second-order valence-electron chi connectivity index (χ2n) is 15.3. The summed E-state index contributed by atoms with van der Waals surface area (Å²) >= 11 is 0. The van der Waals surface area contributed by atoms with Gasteiger partial charge in [0.05, 0.1) is 6.61 Å². The van der Waals surface area contributed by atoms with Gasteiger partial charge in [0.25, 0.3) is 0 Å². The van der Waals surface area contributed by atoms with E-state index in [0.29, 0.717) is 60.5 Å². The smallest absolute Gasteiger partial charge is 0.422 e. The van der Waals surface area contributed by atoms with Gasteiger partial charge < -0.3 is 34.0 Å². The molecule has 13 heteroatoms. The fraction of sp³-hybridized carbons (Fsp3) is 0.488. The molecule has 1 aliphatic carbocycles. The molecule has 0 unspecified atom stereocenters. The van der Waals surface area contributed by atoms with Gasteiger partial charge in [0, 0.05) is 74.9 Å². The first-order valence-electron chi connectivity index (χ1n) is 18.9. The average molecular weight is 746 g/mol. The number of hydrogen-bond acceptors (Lipinski definition) is 9. The zero-order chi connectivity index (χ0) is 37.6. The Bertz CT molecular complexity index is 2050. The normalized spacial score (nSPS) is 19.3. The summed E-state index contributed by atoms with van der Waals surface area (Å²) in [5.74, 6) is 0.503. The minimum Gasteiger partial charge on any atom is -0.507 e. The maximum atomic E-state index is 14.1. The molecule has 3 aromatic carbocycles.